The van der Waals surface area contributed by atoms with Gasteiger partial charge in [-0.1, -0.05) is 37.9 Å². The summed E-state index contributed by atoms with van der Waals surface area (Å²) in [4.78, 5) is 37.5. The van der Waals surface area contributed by atoms with Crippen LogP contribution in [0, 0.1) is 0 Å². The van der Waals surface area contributed by atoms with Crippen molar-refractivity contribution < 1.29 is 24.2 Å². The molecule has 2 saturated heterocycles. The third kappa shape index (κ3) is 7.47. The molecular weight excluding hydrogens is 660 g/mol. The topological polar surface area (TPSA) is 87.2 Å². The molecule has 194 valence electrons. The van der Waals surface area contributed by atoms with Crippen LogP contribution in [0.2, 0.25) is 0 Å². The van der Waals surface area contributed by atoms with E-state index in [2.05, 4.69) is 64.6 Å². The number of hydrogen-bond acceptors (Lipinski definition) is 6. The zero-order chi connectivity index (χ0) is 26.5. The number of fused-ring (bicyclic) bond motifs is 2. The van der Waals surface area contributed by atoms with Crippen LogP contribution in [0.15, 0.2) is 49.8 Å². The van der Waals surface area contributed by atoms with Crippen LogP contribution in [0.3, 0.4) is 0 Å². The van der Waals surface area contributed by atoms with Gasteiger partial charge in [-0.15, -0.1) is 0 Å². The standard InChI is InChI=1S/C13H14BrNO2.C7H4Br2O2.C6H11NO/c1-15-6-4-13(5-7-15)11-3-2-9(14)8-10(11)12(16)17-13;8-4-1-2-6(9)5(3-4)7(10)11;1-7-4-2-6(8)3-5-7/h2-3,8H,4-7H2,1H3;1-3H,(H,10,11);2-5H2,1H3. The van der Waals surface area contributed by atoms with E-state index < -0.39 is 5.97 Å². The van der Waals surface area contributed by atoms with Crippen LogP contribution in [-0.2, 0) is 15.1 Å². The summed E-state index contributed by atoms with van der Waals surface area (Å²) in [6, 6.07) is 10.9. The third-order valence-corrected chi connectivity index (χ3v) is 8.16. The lowest BCUT2D eigenvalue weighted by Crippen LogP contribution is -2.40. The van der Waals surface area contributed by atoms with Gasteiger partial charge in [0.2, 0.25) is 0 Å². The Morgan fingerprint density at radius 1 is 0.889 bits per heavy atom. The molecule has 0 saturated carbocycles. The Morgan fingerprint density at radius 2 is 1.44 bits per heavy atom. The maximum absolute atomic E-state index is 11.9. The average Bonchev–Trinajstić information content (AvgIpc) is 3.10. The lowest BCUT2D eigenvalue weighted by Gasteiger charge is -2.36. The molecule has 0 atom stereocenters. The second kappa shape index (κ2) is 12.8. The van der Waals surface area contributed by atoms with Gasteiger partial charge in [0.1, 0.15) is 11.4 Å². The number of benzene rings is 2. The quantitative estimate of drug-likeness (QED) is 0.383. The molecule has 0 bridgehead atoms. The molecule has 36 heavy (non-hydrogen) atoms. The van der Waals surface area contributed by atoms with Gasteiger partial charge in [-0.05, 0) is 60.4 Å². The van der Waals surface area contributed by atoms with Crippen molar-refractivity contribution in [3.05, 3.63) is 66.5 Å². The number of halogens is 3. The number of hydrogen-bond donors (Lipinski definition) is 1. The van der Waals surface area contributed by atoms with Gasteiger partial charge in [-0.2, -0.15) is 0 Å². The summed E-state index contributed by atoms with van der Waals surface area (Å²) in [6.07, 6.45) is 3.31. The second-order valence-corrected chi connectivity index (χ2v) is 11.8. The predicted molar refractivity (Wildman–Crippen MR) is 149 cm³/mol. The largest absolute Gasteiger partial charge is 0.478 e. The minimum atomic E-state index is -0.932. The van der Waals surface area contributed by atoms with E-state index in [1.807, 2.05) is 25.2 Å². The van der Waals surface area contributed by atoms with Crippen LogP contribution in [0.5, 0.6) is 0 Å². The van der Waals surface area contributed by atoms with E-state index in [9.17, 15) is 14.4 Å². The Balaban J connectivity index is 0.000000164. The van der Waals surface area contributed by atoms with E-state index in [4.69, 9.17) is 9.84 Å². The van der Waals surface area contributed by atoms with Crippen LogP contribution in [0.4, 0.5) is 0 Å². The van der Waals surface area contributed by atoms with Gasteiger partial charge in [0.25, 0.3) is 0 Å². The number of aromatic carboxylic acids is 1. The Kier molecular flexibility index (Phi) is 10.3. The van der Waals surface area contributed by atoms with Crippen molar-refractivity contribution >= 4 is 65.5 Å². The number of carboxylic acid groups (broad SMARTS) is 1. The van der Waals surface area contributed by atoms with E-state index in [0.717, 1.165) is 71.9 Å². The third-order valence-electron chi connectivity index (χ3n) is 6.48. The molecule has 2 aromatic rings. The summed E-state index contributed by atoms with van der Waals surface area (Å²) in [5, 5.41) is 8.64. The Bertz CT molecular complexity index is 1120. The van der Waals surface area contributed by atoms with Crippen molar-refractivity contribution in [3.8, 4) is 0 Å². The molecule has 0 aliphatic carbocycles. The lowest BCUT2D eigenvalue weighted by molar-refractivity contribution is -0.121. The van der Waals surface area contributed by atoms with E-state index >= 15 is 0 Å². The molecule has 3 aliphatic heterocycles. The minimum absolute atomic E-state index is 0.175. The summed E-state index contributed by atoms with van der Waals surface area (Å²) < 4.78 is 7.96. The van der Waals surface area contributed by atoms with Crippen molar-refractivity contribution in [2.45, 2.75) is 31.3 Å². The molecule has 7 nitrogen and oxygen atoms in total. The number of esters is 1. The predicted octanol–water partition coefficient (Wildman–Crippen LogP) is 5.73. The molecular formula is C26H29Br3N2O5. The van der Waals surface area contributed by atoms with Gasteiger partial charge in [-0.25, -0.2) is 9.59 Å². The molecule has 1 N–H and O–H groups in total. The summed E-state index contributed by atoms with van der Waals surface area (Å²) in [6.45, 7) is 3.86. The monoisotopic (exact) mass is 686 g/mol. The van der Waals surface area contributed by atoms with Gasteiger partial charge in [0.15, 0.2) is 0 Å². The second-order valence-electron chi connectivity index (χ2n) is 9.15. The van der Waals surface area contributed by atoms with Crippen molar-refractivity contribution in [2.24, 2.45) is 0 Å². The molecule has 2 fully saturated rings. The number of piperidine rings is 2. The number of carboxylic acids is 1. The molecule has 1 spiro atoms. The fraction of sp³-hybridized carbons (Fsp3) is 0.423. The van der Waals surface area contributed by atoms with E-state index in [1.54, 1.807) is 18.2 Å². The number of rotatable bonds is 1. The highest BCUT2D eigenvalue weighted by atomic mass is 79.9. The summed E-state index contributed by atoms with van der Waals surface area (Å²) in [5.74, 6) is -0.688. The minimum Gasteiger partial charge on any atom is -0.478 e. The molecule has 3 aliphatic rings. The molecule has 10 heteroatoms. The van der Waals surface area contributed by atoms with Crippen LogP contribution >= 0.6 is 47.8 Å². The van der Waals surface area contributed by atoms with Crippen molar-refractivity contribution in [2.75, 3.05) is 40.3 Å². The van der Waals surface area contributed by atoms with Crippen LogP contribution < -0.4 is 0 Å². The Morgan fingerprint density at radius 3 is 2.00 bits per heavy atom. The maximum Gasteiger partial charge on any atom is 0.339 e. The fourth-order valence-corrected chi connectivity index (χ4v) is 5.39. The number of carbonyl (C=O) groups excluding carboxylic acids is 2. The zero-order valence-corrected chi connectivity index (χ0v) is 25.0. The van der Waals surface area contributed by atoms with Crippen LogP contribution in [0.25, 0.3) is 0 Å². The average molecular weight is 689 g/mol. The normalized spacial score (nSPS) is 18.9. The molecule has 5 rings (SSSR count). The molecule has 3 heterocycles. The summed E-state index contributed by atoms with van der Waals surface area (Å²) in [5.41, 5.74) is 1.70. The fourth-order valence-electron chi connectivity index (χ4n) is 4.25. The first kappa shape index (κ1) is 29.0. The number of ether oxygens (including phenoxy) is 1. The highest BCUT2D eigenvalue weighted by Crippen LogP contribution is 2.44. The molecule has 0 unspecified atom stereocenters. The van der Waals surface area contributed by atoms with E-state index in [-0.39, 0.29) is 17.1 Å². The zero-order valence-electron chi connectivity index (χ0n) is 20.2. The van der Waals surface area contributed by atoms with E-state index in [1.165, 1.54) is 0 Å². The van der Waals surface area contributed by atoms with E-state index in [0.29, 0.717) is 10.3 Å². The van der Waals surface area contributed by atoms with Crippen molar-refractivity contribution in [1.82, 2.24) is 9.80 Å². The van der Waals surface area contributed by atoms with Gasteiger partial charge < -0.3 is 19.6 Å². The first-order valence-corrected chi connectivity index (χ1v) is 14.0. The van der Waals surface area contributed by atoms with Crippen molar-refractivity contribution in [3.63, 3.8) is 0 Å². The number of Topliss-reactive ketones (excluding diaryl/α,β-unsaturated/α-hetero) is 1. The smallest absolute Gasteiger partial charge is 0.339 e. The van der Waals surface area contributed by atoms with Gasteiger partial charge in [0, 0.05) is 70.8 Å². The lowest BCUT2D eigenvalue weighted by atomic mass is 9.84. The van der Waals surface area contributed by atoms with Crippen LogP contribution in [-0.4, -0.2) is 72.9 Å². The molecule has 2 aromatic carbocycles. The van der Waals surface area contributed by atoms with Crippen molar-refractivity contribution in [1.29, 1.82) is 0 Å². The molecule has 0 amide bonds. The number of ketones is 1. The first-order chi connectivity index (χ1) is 17.0. The maximum atomic E-state index is 11.9. The van der Waals surface area contributed by atoms with Gasteiger partial charge >= 0.3 is 11.9 Å². The van der Waals surface area contributed by atoms with Crippen LogP contribution in [0.1, 0.15) is 52.0 Å². The SMILES string of the molecule is CN1CCC(=O)CC1.CN1CCC2(CC1)OC(=O)c1cc(Br)ccc12.O=C(O)c1cc(Br)ccc1Br. The number of nitrogens with zero attached hydrogens (tertiary/aromatic N) is 2. The van der Waals surface area contributed by atoms with Gasteiger partial charge in [-0.3, -0.25) is 4.79 Å². The number of carbonyl (C=O) groups is 3. The number of likely N-dealkylation sites (tertiary alicyclic amines) is 2. The molecule has 0 radical (unpaired) electrons. The Hall–Kier alpha value is -1.59. The Labute approximate surface area is 236 Å². The highest BCUT2D eigenvalue weighted by Gasteiger charge is 2.46. The summed E-state index contributed by atoms with van der Waals surface area (Å²) >= 11 is 9.71. The summed E-state index contributed by atoms with van der Waals surface area (Å²) in [7, 11) is 4.15. The highest BCUT2D eigenvalue weighted by molar-refractivity contribution is 9.11. The van der Waals surface area contributed by atoms with Gasteiger partial charge in [0.05, 0.1) is 11.1 Å². The first-order valence-electron chi connectivity index (χ1n) is 11.6. The molecule has 0 aromatic heterocycles.